The summed E-state index contributed by atoms with van der Waals surface area (Å²) in [5.74, 6) is 0.679. The molecular formula is C21H23NO4. The van der Waals surface area contributed by atoms with E-state index in [1.54, 1.807) is 6.07 Å². The van der Waals surface area contributed by atoms with Crippen LogP contribution in [0.25, 0.3) is 10.9 Å². The van der Waals surface area contributed by atoms with E-state index in [1.807, 2.05) is 50.2 Å². The molecule has 5 nitrogen and oxygen atoms in total. The molecule has 3 aromatic rings. The molecule has 2 aromatic carbocycles. The number of aromatic nitrogens is 1. The second kappa shape index (κ2) is 8.04. The van der Waals surface area contributed by atoms with Crippen LogP contribution in [-0.2, 0) is 13.0 Å². The van der Waals surface area contributed by atoms with Crippen molar-refractivity contribution in [2.24, 2.45) is 0 Å². The van der Waals surface area contributed by atoms with Gasteiger partial charge in [0.15, 0.2) is 0 Å². The molecule has 0 bridgehead atoms. The highest BCUT2D eigenvalue weighted by Crippen LogP contribution is 2.25. The third-order valence-electron chi connectivity index (χ3n) is 3.87. The zero-order chi connectivity index (χ0) is 18.5. The topological polar surface area (TPSA) is 61.6 Å². The Hall–Kier alpha value is -2.82. The van der Waals surface area contributed by atoms with Crippen LogP contribution in [-0.4, -0.2) is 11.1 Å². The molecule has 0 N–H and O–H groups in total. The third kappa shape index (κ3) is 4.23. The fourth-order valence-electron chi connectivity index (χ4n) is 2.78. The Kier molecular flexibility index (Phi) is 5.56. The average Bonchev–Trinajstić information content (AvgIpc) is 2.60. The lowest BCUT2D eigenvalue weighted by Gasteiger charge is -2.12. The molecule has 0 aliphatic carbocycles. The second-order valence-corrected chi connectivity index (χ2v) is 6.43. The van der Waals surface area contributed by atoms with E-state index in [-0.39, 0.29) is 12.2 Å². The van der Waals surface area contributed by atoms with Gasteiger partial charge in [0.05, 0.1) is 17.0 Å². The van der Waals surface area contributed by atoms with Crippen LogP contribution in [0.2, 0.25) is 0 Å². The lowest BCUT2D eigenvalue weighted by atomic mass is 10.0. The number of hydrogen-bond donors (Lipinski definition) is 0. The highest BCUT2D eigenvalue weighted by molar-refractivity contribution is 5.82. The van der Waals surface area contributed by atoms with Gasteiger partial charge >= 0.3 is 11.7 Å². The zero-order valence-electron chi connectivity index (χ0n) is 15.3. The van der Waals surface area contributed by atoms with Gasteiger partial charge in [0, 0.05) is 6.07 Å². The van der Waals surface area contributed by atoms with Gasteiger partial charge in [0.1, 0.15) is 12.4 Å². The maximum Gasteiger partial charge on any atom is 0.397 e. The summed E-state index contributed by atoms with van der Waals surface area (Å²) in [4.78, 5) is 16.8. The Morgan fingerprint density at radius 1 is 1.15 bits per heavy atom. The number of fused-ring (bicyclic) bond motifs is 1. The minimum absolute atomic E-state index is 0.0137. The lowest BCUT2D eigenvalue weighted by molar-refractivity contribution is 0.166. The Morgan fingerprint density at radius 2 is 1.92 bits per heavy atom. The van der Waals surface area contributed by atoms with Crippen molar-refractivity contribution < 1.29 is 13.9 Å². The predicted molar refractivity (Wildman–Crippen MR) is 101 cm³/mol. The molecule has 0 aliphatic heterocycles. The molecule has 1 heterocycles. The summed E-state index contributed by atoms with van der Waals surface area (Å²) in [6, 6.07) is 13.6. The number of benzene rings is 2. The number of rotatable bonds is 7. The maximum absolute atomic E-state index is 12.4. The Morgan fingerprint density at radius 3 is 2.62 bits per heavy atom. The number of hydrogen-bond acceptors (Lipinski definition) is 5. The summed E-state index contributed by atoms with van der Waals surface area (Å²) in [6.45, 7) is 6.23. The molecule has 0 atom stereocenters. The molecule has 136 valence electrons. The average molecular weight is 353 g/mol. The summed E-state index contributed by atoms with van der Waals surface area (Å²) >= 11 is 0. The first-order chi connectivity index (χ1) is 12.6. The molecule has 0 saturated carbocycles. The van der Waals surface area contributed by atoms with Crippen LogP contribution in [0.3, 0.4) is 0 Å². The van der Waals surface area contributed by atoms with E-state index in [4.69, 9.17) is 13.9 Å². The standard InChI is InChI=1S/C21H23NO4/c1-4-8-16-11-17(24-13-15-9-6-5-7-10-15)12-18-19(16)20(23)26-21(22-18)25-14(2)3/h5-7,9-12,14H,4,8,13H2,1-3H3. The Balaban J connectivity index is 1.99. The summed E-state index contributed by atoms with van der Waals surface area (Å²) < 4.78 is 16.6. The second-order valence-electron chi connectivity index (χ2n) is 6.43. The molecule has 0 fully saturated rings. The predicted octanol–water partition coefficient (Wildman–Crippen LogP) is 4.51. The minimum Gasteiger partial charge on any atom is -0.489 e. The van der Waals surface area contributed by atoms with Gasteiger partial charge in [-0.2, -0.15) is 4.98 Å². The van der Waals surface area contributed by atoms with Crippen molar-refractivity contribution in [1.82, 2.24) is 4.98 Å². The van der Waals surface area contributed by atoms with Crippen molar-refractivity contribution in [3.63, 3.8) is 0 Å². The van der Waals surface area contributed by atoms with Gasteiger partial charge in [-0.1, -0.05) is 43.7 Å². The highest BCUT2D eigenvalue weighted by Gasteiger charge is 2.14. The van der Waals surface area contributed by atoms with E-state index in [1.165, 1.54) is 0 Å². The maximum atomic E-state index is 12.4. The summed E-state index contributed by atoms with van der Waals surface area (Å²) in [7, 11) is 0. The van der Waals surface area contributed by atoms with Crippen LogP contribution >= 0.6 is 0 Å². The van der Waals surface area contributed by atoms with Crippen LogP contribution in [0.1, 0.15) is 38.3 Å². The quantitative estimate of drug-likeness (QED) is 0.625. The first kappa shape index (κ1) is 18.0. The van der Waals surface area contributed by atoms with E-state index in [0.29, 0.717) is 23.3 Å². The highest BCUT2D eigenvalue weighted by atomic mass is 16.6. The summed E-state index contributed by atoms with van der Waals surface area (Å²) in [5, 5.41) is 0.495. The van der Waals surface area contributed by atoms with E-state index >= 15 is 0 Å². The van der Waals surface area contributed by atoms with E-state index < -0.39 is 5.63 Å². The molecular weight excluding hydrogens is 330 g/mol. The largest absolute Gasteiger partial charge is 0.489 e. The fourth-order valence-corrected chi connectivity index (χ4v) is 2.78. The van der Waals surface area contributed by atoms with Crippen molar-refractivity contribution in [3.05, 3.63) is 64.0 Å². The van der Waals surface area contributed by atoms with Gasteiger partial charge in [-0.05, 0) is 37.5 Å². The van der Waals surface area contributed by atoms with Crippen LogP contribution in [0.4, 0.5) is 0 Å². The normalized spacial score (nSPS) is 11.1. The molecule has 0 spiro atoms. The Bertz CT molecular complexity index is 932. The van der Waals surface area contributed by atoms with Crippen molar-refractivity contribution >= 4 is 10.9 Å². The first-order valence-electron chi connectivity index (χ1n) is 8.88. The van der Waals surface area contributed by atoms with Crippen molar-refractivity contribution in [1.29, 1.82) is 0 Å². The van der Waals surface area contributed by atoms with Gasteiger partial charge in [-0.15, -0.1) is 0 Å². The molecule has 0 aliphatic rings. The molecule has 0 amide bonds. The lowest BCUT2D eigenvalue weighted by Crippen LogP contribution is -2.12. The first-order valence-corrected chi connectivity index (χ1v) is 8.88. The van der Waals surface area contributed by atoms with E-state index in [0.717, 1.165) is 24.0 Å². The summed E-state index contributed by atoms with van der Waals surface area (Å²) in [6.07, 6.45) is 1.51. The van der Waals surface area contributed by atoms with Crippen LogP contribution in [0.15, 0.2) is 51.7 Å². The third-order valence-corrected chi connectivity index (χ3v) is 3.87. The van der Waals surface area contributed by atoms with Crippen molar-refractivity contribution in [2.45, 2.75) is 46.3 Å². The fraction of sp³-hybridized carbons (Fsp3) is 0.333. The van der Waals surface area contributed by atoms with Gasteiger partial charge in [0.2, 0.25) is 0 Å². The number of nitrogens with zero attached hydrogens (tertiary/aromatic N) is 1. The smallest absolute Gasteiger partial charge is 0.397 e. The van der Waals surface area contributed by atoms with Gasteiger partial charge < -0.3 is 13.9 Å². The minimum atomic E-state index is -0.427. The molecule has 0 saturated heterocycles. The number of ether oxygens (including phenoxy) is 2. The monoisotopic (exact) mass is 353 g/mol. The van der Waals surface area contributed by atoms with E-state index in [9.17, 15) is 4.79 Å². The van der Waals surface area contributed by atoms with E-state index in [2.05, 4.69) is 11.9 Å². The zero-order valence-corrected chi connectivity index (χ0v) is 15.3. The molecule has 1 aromatic heterocycles. The molecule has 26 heavy (non-hydrogen) atoms. The summed E-state index contributed by atoms with van der Waals surface area (Å²) in [5.41, 5.74) is 2.06. The van der Waals surface area contributed by atoms with Crippen LogP contribution < -0.4 is 15.1 Å². The van der Waals surface area contributed by atoms with Crippen molar-refractivity contribution in [3.8, 4) is 11.8 Å². The molecule has 0 unspecified atom stereocenters. The van der Waals surface area contributed by atoms with Gasteiger partial charge in [-0.25, -0.2) is 4.79 Å². The van der Waals surface area contributed by atoms with Crippen LogP contribution in [0.5, 0.6) is 11.8 Å². The molecule has 0 radical (unpaired) electrons. The molecule has 5 heteroatoms. The SMILES string of the molecule is CCCc1cc(OCc2ccccc2)cc2nc(OC(C)C)oc(=O)c12. The van der Waals surface area contributed by atoms with Gasteiger partial charge in [0.25, 0.3) is 0 Å². The van der Waals surface area contributed by atoms with Crippen LogP contribution in [0, 0.1) is 0 Å². The Labute approximate surface area is 152 Å². The number of aryl methyl sites for hydroxylation is 1. The molecule has 3 rings (SSSR count). The van der Waals surface area contributed by atoms with Crippen molar-refractivity contribution in [2.75, 3.05) is 0 Å². The van der Waals surface area contributed by atoms with Gasteiger partial charge in [-0.3, -0.25) is 0 Å².